The molecule has 0 bridgehead atoms. The van der Waals surface area contributed by atoms with Crippen LogP contribution in [0.15, 0.2) is 60.7 Å². The summed E-state index contributed by atoms with van der Waals surface area (Å²) >= 11 is 0. The van der Waals surface area contributed by atoms with Crippen LogP contribution in [0.5, 0.6) is 0 Å². The predicted molar refractivity (Wildman–Crippen MR) is 144 cm³/mol. The lowest BCUT2D eigenvalue weighted by atomic mass is 10.2. The Morgan fingerprint density at radius 2 is 0.821 bits per heavy atom. The Morgan fingerprint density at radius 3 is 1.07 bits per heavy atom. The maximum atomic E-state index is 2.44. The summed E-state index contributed by atoms with van der Waals surface area (Å²) < 4.78 is 0. The van der Waals surface area contributed by atoms with E-state index in [2.05, 4.69) is 102 Å². The number of halogens is 2. The second-order valence-electron chi connectivity index (χ2n) is 9.16. The van der Waals surface area contributed by atoms with Gasteiger partial charge < -0.3 is 0 Å². The van der Waals surface area contributed by atoms with Crippen LogP contribution in [0.3, 0.4) is 0 Å². The molecule has 0 aliphatic heterocycles. The first-order valence-corrected chi connectivity index (χ1v) is 13.2. The molecule has 2 rings (SSSR count). The molecule has 0 nitrogen and oxygen atoms in total. The van der Waals surface area contributed by atoms with E-state index in [1.165, 1.54) is 35.8 Å². The molecule has 2 aromatic rings. The van der Waals surface area contributed by atoms with Gasteiger partial charge in [0.1, 0.15) is 0 Å². The van der Waals surface area contributed by atoms with E-state index in [0.717, 1.165) is 0 Å². The zero-order valence-electron chi connectivity index (χ0n) is 18.3. The van der Waals surface area contributed by atoms with E-state index in [1.54, 1.807) is 0 Å². The van der Waals surface area contributed by atoms with E-state index >= 15 is 0 Å². The van der Waals surface area contributed by atoms with E-state index < -0.39 is 0 Å². The zero-order valence-corrected chi connectivity index (χ0v) is 23.5. The van der Waals surface area contributed by atoms with E-state index in [9.17, 15) is 0 Å². The fourth-order valence-electron chi connectivity index (χ4n) is 3.15. The highest BCUT2D eigenvalue weighted by molar-refractivity contribution is 8.93. The number of hydrogen-bond acceptors (Lipinski definition) is 0. The number of benzene rings is 2. The maximum absolute atomic E-state index is 2.44. The summed E-state index contributed by atoms with van der Waals surface area (Å²) in [7, 11) is -0.0321. The van der Waals surface area contributed by atoms with E-state index in [4.69, 9.17) is 0 Å². The molecule has 4 heteroatoms. The van der Waals surface area contributed by atoms with Crippen molar-refractivity contribution in [2.24, 2.45) is 0 Å². The molecule has 0 saturated carbocycles. The molecule has 158 valence electrons. The molecule has 2 aromatic carbocycles. The molecular weight excluding hydrogens is 510 g/mol. The topological polar surface area (TPSA) is 0 Å². The van der Waals surface area contributed by atoms with Gasteiger partial charge in [-0.15, -0.1) is 34.0 Å². The van der Waals surface area contributed by atoms with Crippen molar-refractivity contribution >= 4 is 49.8 Å². The second-order valence-corrected chi connectivity index (χ2v) is 15.5. The summed E-state index contributed by atoms with van der Waals surface area (Å²) in [6, 6.07) is 22.2. The van der Waals surface area contributed by atoms with Crippen LogP contribution >= 0.6 is 49.8 Å². The van der Waals surface area contributed by atoms with E-state index in [-0.39, 0.29) is 49.8 Å². The molecule has 0 aliphatic rings. The maximum Gasteiger partial charge on any atom is -0.00683 e. The molecule has 0 aliphatic carbocycles. The van der Waals surface area contributed by atoms with Crippen LogP contribution in [0.25, 0.3) is 0 Å². The van der Waals surface area contributed by atoms with Gasteiger partial charge >= 0.3 is 0 Å². The average molecular weight is 548 g/mol. The molecular formula is C24H38Br2P2. The minimum absolute atomic E-state index is 0. The lowest BCUT2D eigenvalue weighted by molar-refractivity contribution is 0.771. The van der Waals surface area contributed by atoms with Crippen molar-refractivity contribution in [3.8, 4) is 0 Å². The molecule has 0 spiro atoms. The van der Waals surface area contributed by atoms with Gasteiger partial charge in [-0.25, -0.2) is 0 Å². The van der Waals surface area contributed by atoms with Crippen LogP contribution in [0.1, 0.15) is 52.7 Å². The fourth-order valence-corrected chi connectivity index (χ4v) is 8.99. The normalized spacial score (nSPS) is 13.8. The molecule has 28 heavy (non-hydrogen) atoms. The molecule has 0 aromatic heterocycles. The van der Waals surface area contributed by atoms with E-state index in [0.29, 0.717) is 10.3 Å². The third-order valence-electron chi connectivity index (χ3n) is 4.97. The average Bonchev–Trinajstić information content (AvgIpc) is 2.57. The lowest BCUT2D eigenvalue weighted by Gasteiger charge is -2.37. The second kappa shape index (κ2) is 12.8. The van der Waals surface area contributed by atoms with Gasteiger partial charge in [0.05, 0.1) is 0 Å². The van der Waals surface area contributed by atoms with Crippen LogP contribution in [0.4, 0.5) is 0 Å². The van der Waals surface area contributed by atoms with Gasteiger partial charge in [-0.2, -0.15) is 0 Å². The first-order valence-electron chi connectivity index (χ1n) is 9.74. The highest BCUT2D eigenvalue weighted by Crippen LogP contribution is 2.58. The summed E-state index contributed by atoms with van der Waals surface area (Å²) in [4.78, 5) is 0. The number of hydrogen-bond donors (Lipinski definition) is 0. The van der Waals surface area contributed by atoms with Crippen molar-refractivity contribution in [2.45, 2.75) is 64.2 Å². The molecule has 0 fully saturated rings. The van der Waals surface area contributed by atoms with Crippen LogP contribution in [-0.4, -0.2) is 22.6 Å². The van der Waals surface area contributed by atoms with Gasteiger partial charge in [0.25, 0.3) is 0 Å². The predicted octanol–water partition coefficient (Wildman–Crippen LogP) is 9.10. The van der Waals surface area contributed by atoms with E-state index in [1.807, 2.05) is 0 Å². The molecule has 0 saturated heterocycles. The smallest absolute Gasteiger partial charge is 0.00683 e. The molecule has 0 amide bonds. The van der Waals surface area contributed by atoms with Crippen LogP contribution in [0, 0.1) is 0 Å². The van der Waals surface area contributed by atoms with Gasteiger partial charge in [0, 0.05) is 0 Å². The van der Waals surface area contributed by atoms with Gasteiger partial charge in [0.2, 0.25) is 0 Å². The molecule has 0 radical (unpaired) electrons. The largest absolute Gasteiger partial charge is 0.114 e. The standard InChI is InChI=1S/C24H36P2.2BrH/c1-23(2,3)25(19-21-13-9-7-10-14-21)17-18-26(24(4,5)6)20-22-15-11-8-12-16-22;;/h7-16H,17-20H2,1-6H3;2*1H. The molecule has 0 heterocycles. The van der Waals surface area contributed by atoms with Crippen molar-refractivity contribution in [3.05, 3.63) is 71.8 Å². The minimum Gasteiger partial charge on any atom is -0.114 e. The Morgan fingerprint density at radius 1 is 0.536 bits per heavy atom. The summed E-state index contributed by atoms with van der Waals surface area (Å²) in [5, 5.41) is 0.827. The Labute approximate surface area is 197 Å². The monoisotopic (exact) mass is 546 g/mol. The van der Waals surface area contributed by atoms with Gasteiger partial charge in [-0.05, 0) is 46.1 Å². The zero-order chi connectivity index (χ0) is 19.2. The highest BCUT2D eigenvalue weighted by Gasteiger charge is 2.29. The summed E-state index contributed by atoms with van der Waals surface area (Å²) in [6.45, 7) is 14.7. The fraction of sp³-hybridized carbons (Fsp3) is 0.500. The summed E-state index contributed by atoms with van der Waals surface area (Å²) in [5.74, 6) is 0. The summed E-state index contributed by atoms with van der Waals surface area (Å²) in [5.41, 5.74) is 3.02. The van der Waals surface area contributed by atoms with Crippen molar-refractivity contribution in [3.63, 3.8) is 0 Å². The van der Waals surface area contributed by atoms with Gasteiger partial charge in [0.15, 0.2) is 0 Å². The summed E-state index contributed by atoms with van der Waals surface area (Å²) in [6.07, 6.45) is 5.31. The van der Waals surface area contributed by atoms with Gasteiger partial charge in [-0.3, -0.25) is 0 Å². The first-order chi connectivity index (χ1) is 12.2. The minimum atomic E-state index is -0.0161. The van der Waals surface area contributed by atoms with Crippen LogP contribution in [0.2, 0.25) is 0 Å². The Hall–Kier alpha value is 0.260. The van der Waals surface area contributed by atoms with Crippen molar-refractivity contribution in [1.29, 1.82) is 0 Å². The Kier molecular flexibility index (Phi) is 13.0. The van der Waals surface area contributed by atoms with Crippen LogP contribution in [-0.2, 0) is 12.3 Å². The third-order valence-corrected chi connectivity index (χ3v) is 12.1. The highest BCUT2D eigenvalue weighted by atomic mass is 79.9. The Balaban J connectivity index is 0.00000364. The molecule has 2 unspecified atom stereocenters. The number of rotatable bonds is 7. The quantitative estimate of drug-likeness (QED) is 0.303. The van der Waals surface area contributed by atoms with Crippen molar-refractivity contribution < 1.29 is 0 Å². The van der Waals surface area contributed by atoms with Crippen LogP contribution < -0.4 is 0 Å². The van der Waals surface area contributed by atoms with Crippen molar-refractivity contribution in [1.82, 2.24) is 0 Å². The SMILES string of the molecule is Br.Br.CC(C)(C)P(CCP(Cc1ccccc1)C(C)(C)C)Cc1ccccc1. The first kappa shape index (κ1) is 28.3. The third kappa shape index (κ3) is 9.84. The molecule has 2 atom stereocenters. The molecule has 0 N–H and O–H groups in total. The lowest BCUT2D eigenvalue weighted by Crippen LogP contribution is -2.20. The van der Waals surface area contributed by atoms with Gasteiger partial charge in [-0.1, -0.05) is 118 Å². The Bertz CT molecular complexity index is 586. The van der Waals surface area contributed by atoms with Crippen molar-refractivity contribution in [2.75, 3.05) is 12.3 Å².